The van der Waals surface area contributed by atoms with Crippen LogP contribution in [0.3, 0.4) is 0 Å². The van der Waals surface area contributed by atoms with Crippen LogP contribution in [0, 0.1) is 5.82 Å². The number of benzene rings is 3. The van der Waals surface area contributed by atoms with Gasteiger partial charge in [0.1, 0.15) is 0 Å². The fourth-order valence-electron chi connectivity index (χ4n) is 2.85. The van der Waals surface area contributed by atoms with Gasteiger partial charge >= 0.3 is 143 Å². The monoisotopic (exact) mass is 520 g/mol. The average molecular weight is 520 g/mol. The van der Waals surface area contributed by atoms with Gasteiger partial charge in [-0.1, -0.05) is 0 Å². The third-order valence-electron chi connectivity index (χ3n) is 3.88. The number of hydrogen-bond acceptors (Lipinski definition) is 2. The molecule has 0 amide bonds. The zero-order valence-electron chi connectivity index (χ0n) is 12.0. The molecule has 0 spiro atoms. The van der Waals surface area contributed by atoms with Crippen molar-refractivity contribution in [2.45, 2.75) is 9.79 Å². The normalized spacial score (nSPS) is 15.7. The summed E-state index contributed by atoms with van der Waals surface area (Å²) < 4.78 is 42.0. The quantitative estimate of drug-likeness (QED) is 0.357. The van der Waals surface area contributed by atoms with Gasteiger partial charge in [-0.2, -0.15) is 0 Å². The molecule has 0 saturated carbocycles. The molecule has 2 nitrogen and oxygen atoms in total. The van der Waals surface area contributed by atoms with E-state index in [2.05, 4.69) is 0 Å². The van der Waals surface area contributed by atoms with E-state index in [1.165, 1.54) is 12.1 Å². The first-order valence-corrected chi connectivity index (χ1v) is 13.8. The van der Waals surface area contributed by atoms with Crippen LogP contribution in [0.1, 0.15) is 0 Å². The molecule has 0 N–H and O–H groups in total. The van der Waals surface area contributed by atoms with E-state index in [1.54, 1.807) is 36.4 Å². The molecule has 4 rings (SSSR count). The summed E-state index contributed by atoms with van der Waals surface area (Å²) in [6.45, 7) is 0. The zero-order valence-corrected chi connectivity index (χ0v) is 16.3. The van der Waals surface area contributed by atoms with Crippen molar-refractivity contribution in [3.8, 4) is 0 Å². The Hall–Kier alpha value is -1.58. The van der Waals surface area contributed by atoms with Crippen molar-refractivity contribution >= 4 is 41.4 Å². The molecule has 5 heteroatoms. The summed E-state index contributed by atoms with van der Waals surface area (Å²) in [6.07, 6.45) is 0. The Bertz CT molecular complexity index is 944. The molecule has 1 aliphatic rings. The second-order valence-electron chi connectivity index (χ2n) is 5.25. The van der Waals surface area contributed by atoms with Crippen LogP contribution in [0.5, 0.6) is 0 Å². The second-order valence-corrected chi connectivity index (χ2v) is 15.5. The maximum absolute atomic E-state index is 13.3. The molecule has 114 valence electrons. The van der Waals surface area contributed by atoms with E-state index in [4.69, 9.17) is 0 Å². The van der Waals surface area contributed by atoms with Crippen LogP contribution >= 0.6 is 0 Å². The van der Waals surface area contributed by atoms with Crippen LogP contribution in [-0.4, -0.2) is 30.2 Å². The Labute approximate surface area is 142 Å². The molecular formula is C18H12BiFO2S. The van der Waals surface area contributed by atoms with Crippen LogP contribution < -0.4 is 9.81 Å². The summed E-state index contributed by atoms with van der Waals surface area (Å²) in [4.78, 5) is 0.835. The number of rotatable bonds is 1. The van der Waals surface area contributed by atoms with E-state index in [0.29, 0.717) is 9.79 Å². The Morgan fingerprint density at radius 3 is 1.70 bits per heavy atom. The van der Waals surface area contributed by atoms with Crippen molar-refractivity contribution in [2.75, 3.05) is 0 Å². The predicted molar refractivity (Wildman–Crippen MR) is 89.4 cm³/mol. The summed E-state index contributed by atoms with van der Waals surface area (Å²) >= 11 is -2.73. The van der Waals surface area contributed by atoms with Crippen LogP contribution in [0.2, 0.25) is 0 Å². The second kappa shape index (κ2) is 5.50. The Morgan fingerprint density at radius 2 is 1.17 bits per heavy atom. The first-order chi connectivity index (χ1) is 11.1. The van der Waals surface area contributed by atoms with Gasteiger partial charge in [0.2, 0.25) is 0 Å². The third kappa shape index (κ3) is 2.34. The van der Waals surface area contributed by atoms with E-state index < -0.39 is 31.6 Å². The fourth-order valence-corrected chi connectivity index (χ4v) is 17.7. The molecular weight excluding hydrogens is 508 g/mol. The van der Waals surface area contributed by atoms with Gasteiger partial charge in [-0.05, 0) is 0 Å². The molecule has 0 radical (unpaired) electrons. The molecule has 3 aromatic carbocycles. The van der Waals surface area contributed by atoms with E-state index in [0.717, 1.165) is 9.81 Å². The Balaban J connectivity index is 2.06. The summed E-state index contributed by atoms with van der Waals surface area (Å²) in [5.41, 5.74) is 0. The minimum absolute atomic E-state index is 0.274. The topological polar surface area (TPSA) is 34.1 Å². The number of hydrogen-bond donors (Lipinski definition) is 0. The van der Waals surface area contributed by atoms with Crippen LogP contribution in [0.25, 0.3) is 0 Å². The maximum atomic E-state index is 13.3. The molecule has 23 heavy (non-hydrogen) atoms. The standard InChI is InChI=1S/C12H8O2S.C6H4F.Bi/c13-15(14,11-7-3-1-4-8-11)12-9-5-2-6-10-12;7-6-4-2-1-3-5-6;/h1-7,9H;2-5H;. The van der Waals surface area contributed by atoms with Crippen LogP contribution in [0.4, 0.5) is 4.39 Å². The van der Waals surface area contributed by atoms with Crippen LogP contribution in [-0.2, 0) is 9.84 Å². The number of halogens is 1. The molecule has 0 aromatic heterocycles. The van der Waals surface area contributed by atoms with Crippen molar-refractivity contribution in [1.29, 1.82) is 0 Å². The fraction of sp³-hybridized carbons (Fsp3) is 0. The summed E-state index contributed by atoms with van der Waals surface area (Å²) in [7, 11) is -3.47. The Kier molecular flexibility index (Phi) is 3.58. The van der Waals surface area contributed by atoms with Gasteiger partial charge in [-0.25, -0.2) is 0 Å². The van der Waals surface area contributed by atoms with Gasteiger partial charge in [-0.15, -0.1) is 0 Å². The Morgan fingerprint density at radius 1 is 0.696 bits per heavy atom. The zero-order chi connectivity index (χ0) is 16.0. The third-order valence-corrected chi connectivity index (χ3v) is 16.9. The van der Waals surface area contributed by atoms with Gasteiger partial charge in [0, 0.05) is 0 Å². The van der Waals surface area contributed by atoms with Crippen molar-refractivity contribution in [2.24, 2.45) is 0 Å². The molecule has 3 aromatic rings. The van der Waals surface area contributed by atoms with E-state index in [-0.39, 0.29) is 5.82 Å². The van der Waals surface area contributed by atoms with Gasteiger partial charge in [0.05, 0.1) is 0 Å². The molecule has 0 atom stereocenters. The van der Waals surface area contributed by atoms with E-state index in [9.17, 15) is 12.8 Å². The molecule has 0 aliphatic carbocycles. The van der Waals surface area contributed by atoms with E-state index in [1.807, 2.05) is 24.3 Å². The molecule has 0 fully saturated rings. The van der Waals surface area contributed by atoms with Crippen molar-refractivity contribution in [3.63, 3.8) is 0 Å². The number of sulfone groups is 1. The van der Waals surface area contributed by atoms with Gasteiger partial charge in [0.15, 0.2) is 0 Å². The number of fused-ring (bicyclic) bond motifs is 2. The first kappa shape index (κ1) is 15.0. The molecule has 0 unspecified atom stereocenters. The molecule has 1 aliphatic heterocycles. The summed E-state index contributed by atoms with van der Waals surface area (Å²) in [6, 6.07) is 21.0. The summed E-state index contributed by atoms with van der Waals surface area (Å²) in [5.74, 6) is -0.274. The first-order valence-electron chi connectivity index (χ1n) is 7.08. The SMILES string of the molecule is O=S1(=O)c2cccc[c]2[Bi]([c]2ccc(F)cc2)[c]2ccccc21. The molecule has 1 heterocycles. The van der Waals surface area contributed by atoms with E-state index >= 15 is 0 Å². The van der Waals surface area contributed by atoms with Gasteiger partial charge in [0.25, 0.3) is 0 Å². The van der Waals surface area contributed by atoms with Gasteiger partial charge in [-0.3, -0.25) is 0 Å². The molecule has 0 bridgehead atoms. The average Bonchev–Trinajstić information content (AvgIpc) is 2.57. The summed E-state index contributed by atoms with van der Waals surface area (Å²) in [5, 5.41) is 0. The predicted octanol–water partition coefficient (Wildman–Crippen LogP) is 1.49. The minimum atomic E-state index is -3.47. The van der Waals surface area contributed by atoms with Crippen molar-refractivity contribution in [3.05, 3.63) is 78.6 Å². The van der Waals surface area contributed by atoms with Crippen molar-refractivity contribution in [1.82, 2.24) is 0 Å². The van der Waals surface area contributed by atoms with Gasteiger partial charge < -0.3 is 0 Å². The van der Waals surface area contributed by atoms with Crippen LogP contribution in [0.15, 0.2) is 82.6 Å². The van der Waals surface area contributed by atoms with Crippen molar-refractivity contribution < 1.29 is 12.8 Å². The molecule has 0 saturated heterocycles.